The van der Waals surface area contributed by atoms with Gasteiger partial charge in [-0.15, -0.1) is 5.10 Å². The summed E-state index contributed by atoms with van der Waals surface area (Å²) < 4.78 is 7.01. The highest BCUT2D eigenvalue weighted by Gasteiger charge is 2.27. The number of carbonyl (C=O) groups is 1. The van der Waals surface area contributed by atoms with Crippen LogP contribution in [-0.2, 0) is 11.3 Å². The molecule has 0 radical (unpaired) electrons. The van der Waals surface area contributed by atoms with Gasteiger partial charge >= 0.3 is 0 Å². The molecule has 2 aromatic carbocycles. The summed E-state index contributed by atoms with van der Waals surface area (Å²) in [4.78, 5) is 27.3. The minimum absolute atomic E-state index is 0.0235. The molecule has 8 heteroatoms. The molecule has 1 amide bonds. The first-order chi connectivity index (χ1) is 16.4. The molecule has 4 rings (SSSR count). The Balaban J connectivity index is 1.40. The van der Waals surface area contributed by atoms with Crippen LogP contribution in [0.3, 0.4) is 0 Å². The normalized spacial score (nSPS) is 15.9. The van der Waals surface area contributed by atoms with Gasteiger partial charge in [0.1, 0.15) is 11.6 Å². The standard InChI is InChI=1S/C26H29ClN4O3/c1-18(2)34-23-10-8-19(9-11-23)16-28-26(33)20-5-4-14-30(17-20)24-12-13-25(32)31(29-24)22-7-3-6-21(27)15-22/h3,6-13,15,18,20H,4-5,14,16-17H2,1-2H3,(H,28,33)/t20-/m0/s1. The number of hydrogen-bond donors (Lipinski definition) is 1. The lowest BCUT2D eigenvalue weighted by Crippen LogP contribution is -2.43. The summed E-state index contributed by atoms with van der Waals surface area (Å²) >= 11 is 6.09. The van der Waals surface area contributed by atoms with E-state index in [0.717, 1.165) is 30.7 Å². The van der Waals surface area contributed by atoms with E-state index >= 15 is 0 Å². The van der Waals surface area contributed by atoms with Gasteiger partial charge in [0.15, 0.2) is 0 Å². The van der Waals surface area contributed by atoms with Crippen molar-refractivity contribution in [3.63, 3.8) is 0 Å². The molecule has 1 aliphatic heterocycles. The fourth-order valence-electron chi connectivity index (χ4n) is 4.05. The maximum absolute atomic E-state index is 12.9. The molecule has 34 heavy (non-hydrogen) atoms. The lowest BCUT2D eigenvalue weighted by molar-refractivity contribution is -0.125. The van der Waals surface area contributed by atoms with E-state index in [1.165, 1.54) is 10.7 Å². The number of amides is 1. The van der Waals surface area contributed by atoms with Crippen LogP contribution in [0.5, 0.6) is 5.75 Å². The number of piperidine rings is 1. The molecule has 1 N–H and O–H groups in total. The number of hydrogen-bond acceptors (Lipinski definition) is 5. The van der Waals surface area contributed by atoms with Crippen molar-refractivity contribution >= 4 is 23.3 Å². The van der Waals surface area contributed by atoms with Crippen molar-refractivity contribution in [1.82, 2.24) is 15.1 Å². The first kappa shape index (κ1) is 23.8. The van der Waals surface area contributed by atoms with Gasteiger partial charge in [0.25, 0.3) is 5.56 Å². The van der Waals surface area contributed by atoms with E-state index in [9.17, 15) is 9.59 Å². The molecule has 1 saturated heterocycles. The summed E-state index contributed by atoms with van der Waals surface area (Å²) in [7, 11) is 0. The Bertz CT molecular complexity index is 1190. The van der Waals surface area contributed by atoms with Crippen LogP contribution in [0.15, 0.2) is 65.5 Å². The van der Waals surface area contributed by atoms with E-state index in [1.54, 1.807) is 30.3 Å². The second-order valence-corrected chi connectivity index (χ2v) is 9.17. The highest BCUT2D eigenvalue weighted by molar-refractivity contribution is 6.30. The molecule has 1 aromatic heterocycles. The molecule has 1 aliphatic rings. The lowest BCUT2D eigenvalue weighted by Gasteiger charge is -2.33. The lowest BCUT2D eigenvalue weighted by atomic mass is 9.97. The van der Waals surface area contributed by atoms with Crippen molar-refractivity contribution in [3.05, 3.63) is 81.6 Å². The molecule has 178 valence electrons. The number of aromatic nitrogens is 2. The Labute approximate surface area is 204 Å². The number of anilines is 1. The van der Waals surface area contributed by atoms with Gasteiger partial charge in [0, 0.05) is 30.7 Å². The van der Waals surface area contributed by atoms with Gasteiger partial charge < -0.3 is 15.0 Å². The minimum Gasteiger partial charge on any atom is -0.491 e. The topological polar surface area (TPSA) is 76.5 Å². The summed E-state index contributed by atoms with van der Waals surface area (Å²) in [6, 6.07) is 18.0. The fourth-order valence-corrected chi connectivity index (χ4v) is 4.24. The molecule has 0 bridgehead atoms. The summed E-state index contributed by atoms with van der Waals surface area (Å²) in [5.74, 6) is 1.36. The molecule has 0 unspecified atom stereocenters. The van der Waals surface area contributed by atoms with Gasteiger partial charge in [0.05, 0.1) is 17.7 Å². The summed E-state index contributed by atoms with van der Waals surface area (Å²) in [5.41, 5.74) is 1.39. The zero-order valence-electron chi connectivity index (χ0n) is 19.4. The van der Waals surface area contributed by atoms with Crippen LogP contribution in [0.1, 0.15) is 32.3 Å². The van der Waals surface area contributed by atoms with Gasteiger partial charge in [-0.25, -0.2) is 0 Å². The van der Waals surface area contributed by atoms with Crippen molar-refractivity contribution in [2.24, 2.45) is 5.92 Å². The van der Waals surface area contributed by atoms with Crippen LogP contribution in [0.25, 0.3) is 5.69 Å². The third kappa shape index (κ3) is 5.97. The second kappa shape index (κ2) is 10.7. The third-order valence-corrected chi connectivity index (χ3v) is 5.95. The first-order valence-corrected chi connectivity index (χ1v) is 11.9. The molecule has 2 heterocycles. The van der Waals surface area contributed by atoms with Crippen LogP contribution in [0.2, 0.25) is 5.02 Å². The molecule has 1 atom stereocenters. The molecule has 3 aromatic rings. The van der Waals surface area contributed by atoms with Crippen molar-refractivity contribution in [2.45, 2.75) is 39.3 Å². The largest absolute Gasteiger partial charge is 0.491 e. The van der Waals surface area contributed by atoms with E-state index in [2.05, 4.69) is 15.3 Å². The van der Waals surface area contributed by atoms with Gasteiger partial charge in [-0.1, -0.05) is 29.8 Å². The van der Waals surface area contributed by atoms with Crippen LogP contribution < -0.4 is 20.5 Å². The quantitative estimate of drug-likeness (QED) is 0.548. The Morgan fingerprint density at radius 3 is 2.71 bits per heavy atom. The van der Waals surface area contributed by atoms with E-state index in [-0.39, 0.29) is 23.5 Å². The van der Waals surface area contributed by atoms with E-state index < -0.39 is 0 Å². The highest BCUT2D eigenvalue weighted by Crippen LogP contribution is 2.22. The molecule has 0 saturated carbocycles. The van der Waals surface area contributed by atoms with Crippen LogP contribution >= 0.6 is 11.6 Å². The highest BCUT2D eigenvalue weighted by atomic mass is 35.5. The van der Waals surface area contributed by atoms with Gasteiger partial charge in [-0.3, -0.25) is 9.59 Å². The van der Waals surface area contributed by atoms with E-state index in [4.69, 9.17) is 16.3 Å². The molecule has 1 fully saturated rings. The van der Waals surface area contributed by atoms with Crippen molar-refractivity contribution < 1.29 is 9.53 Å². The number of benzene rings is 2. The van der Waals surface area contributed by atoms with Crippen LogP contribution in [0.4, 0.5) is 5.82 Å². The molecule has 0 spiro atoms. The number of ether oxygens (including phenoxy) is 1. The summed E-state index contributed by atoms with van der Waals surface area (Å²) in [5, 5.41) is 8.14. The maximum Gasteiger partial charge on any atom is 0.271 e. The Kier molecular flexibility index (Phi) is 7.53. The van der Waals surface area contributed by atoms with Crippen molar-refractivity contribution in [2.75, 3.05) is 18.0 Å². The number of halogens is 1. The zero-order chi connectivity index (χ0) is 24.1. The predicted molar refractivity (Wildman–Crippen MR) is 134 cm³/mol. The van der Waals surface area contributed by atoms with E-state index in [0.29, 0.717) is 29.6 Å². The Morgan fingerprint density at radius 2 is 1.97 bits per heavy atom. The average Bonchev–Trinajstić information content (AvgIpc) is 2.83. The Hall–Kier alpha value is -3.32. The van der Waals surface area contributed by atoms with Gasteiger partial charge in [-0.2, -0.15) is 4.68 Å². The van der Waals surface area contributed by atoms with Gasteiger partial charge in [-0.05, 0) is 68.7 Å². The molecular weight excluding hydrogens is 452 g/mol. The fraction of sp³-hybridized carbons (Fsp3) is 0.346. The molecule has 0 aliphatic carbocycles. The third-order valence-electron chi connectivity index (χ3n) is 5.72. The molecular formula is C26H29ClN4O3. The second-order valence-electron chi connectivity index (χ2n) is 8.73. The first-order valence-electron chi connectivity index (χ1n) is 11.5. The van der Waals surface area contributed by atoms with Gasteiger partial charge in [0.2, 0.25) is 5.91 Å². The maximum atomic E-state index is 12.9. The van der Waals surface area contributed by atoms with Crippen molar-refractivity contribution in [1.29, 1.82) is 0 Å². The number of rotatable bonds is 7. The summed E-state index contributed by atoms with van der Waals surface area (Å²) in [6.45, 7) is 5.77. The smallest absolute Gasteiger partial charge is 0.271 e. The van der Waals surface area contributed by atoms with Crippen LogP contribution in [0, 0.1) is 5.92 Å². The summed E-state index contributed by atoms with van der Waals surface area (Å²) in [6.07, 6.45) is 1.81. The monoisotopic (exact) mass is 480 g/mol. The molecule has 7 nitrogen and oxygen atoms in total. The minimum atomic E-state index is -0.234. The number of nitrogens with one attached hydrogen (secondary N) is 1. The SMILES string of the molecule is CC(C)Oc1ccc(CNC(=O)[C@H]2CCCN(c3ccc(=O)n(-c4cccc(Cl)c4)n3)C2)cc1. The zero-order valence-corrected chi connectivity index (χ0v) is 20.2. The average molecular weight is 481 g/mol. The number of carbonyl (C=O) groups excluding carboxylic acids is 1. The van der Waals surface area contributed by atoms with Crippen molar-refractivity contribution in [3.8, 4) is 11.4 Å². The van der Waals surface area contributed by atoms with E-state index in [1.807, 2.05) is 38.1 Å². The number of nitrogens with zero attached hydrogens (tertiary/aromatic N) is 3. The predicted octanol–water partition coefficient (Wildman–Crippen LogP) is 4.21. The van der Waals surface area contributed by atoms with Crippen LogP contribution in [-0.4, -0.2) is 34.9 Å². The Morgan fingerprint density at radius 1 is 1.18 bits per heavy atom.